The summed E-state index contributed by atoms with van der Waals surface area (Å²) in [5.74, 6) is -0.944. The number of carbonyl (C=O) groups is 1. The van der Waals surface area contributed by atoms with Gasteiger partial charge in [-0.3, -0.25) is 0 Å². The summed E-state index contributed by atoms with van der Waals surface area (Å²) in [7, 11) is 0. The Morgan fingerprint density at radius 3 is 2.30 bits per heavy atom. The molecule has 3 nitrogen and oxygen atoms in total. The number of hydrogen-bond acceptors (Lipinski definition) is 2. The lowest BCUT2D eigenvalue weighted by molar-refractivity contribution is 0.0699. The van der Waals surface area contributed by atoms with Crippen LogP contribution in [0.3, 0.4) is 0 Å². The summed E-state index contributed by atoms with van der Waals surface area (Å²) in [5, 5.41) is 10.3. The molecule has 0 saturated carbocycles. The van der Waals surface area contributed by atoms with E-state index in [9.17, 15) is 9.90 Å². The monoisotopic (exact) mass is 369 g/mol. The molecule has 0 radical (unpaired) electrons. The third-order valence-corrected chi connectivity index (χ3v) is 5.01. The van der Waals surface area contributed by atoms with Crippen LogP contribution in [-0.4, -0.2) is 16.1 Å². The van der Waals surface area contributed by atoms with Crippen LogP contribution < -0.4 is 0 Å². The molecule has 23 heavy (non-hydrogen) atoms. The third kappa shape index (κ3) is 2.75. The second kappa shape index (κ2) is 5.78. The van der Waals surface area contributed by atoms with Crippen molar-refractivity contribution in [2.75, 3.05) is 0 Å². The number of carboxylic acids is 1. The summed E-state index contributed by atoms with van der Waals surface area (Å²) in [4.78, 5) is 16.5. The Morgan fingerprint density at radius 1 is 1.04 bits per heavy atom. The highest BCUT2D eigenvalue weighted by Gasteiger charge is 2.16. The van der Waals surface area contributed by atoms with Crippen LogP contribution in [0.1, 0.15) is 27.0 Å². The zero-order valence-electron chi connectivity index (χ0n) is 13.1. The van der Waals surface area contributed by atoms with Crippen molar-refractivity contribution >= 4 is 32.8 Å². The van der Waals surface area contributed by atoms with Gasteiger partial charge in [0, 0.05) is 15.4 Å². The maximum atomic E-state index is 11.7. The number of aromatic nitrogens is 1. The van der Waals surface area contributed by atoms with Gasteiger partial charge in [-0.05, 0) is 44.0 Å². The third-order valence-electron chi connectivity index (χ3n) is 4.18. The maximum Gasteiger partial charge on any atom is 0.336 e. The molecule has 1 N–H and O–H groups in total. The number of halogens is 1. The number of pyridine rings is 1. The molecule has 1 aromatic heterocycles. The van der Waals surface area contributed by atoms with Crippen LogP contribution in [-0.2, 0) is 0 Å². The number of aryl methyl sites for hydroxylation is 2. The molecular weight excluding hydrogens is 354 g/mol. The SMILES string of the molecule is Cc1ccc(-c2cc(C(=O)O)c3cc(Br)c(C)c(C)c3n2)cc1. The zero-order valence-corrected chi connectivity index (χ0v) is 14.7. The molecule has 0 amide bonds. The molecule has 3 rings (SSSR count). The molecule has 0 unspecified atom stereocenters. The minimum Gasteiger partial charge on any atom is -0.478 e. The van der Waals surface area contributed by atoms with Gasteiger partial charge in [-0.1, -0.05) is 45.8 Å². The number of nitrogens with zero attached hydrogens (tertiary/aromatic N) is 1. The molecular formula is C19H16BrNO2. The van der Waals surface area contributed by atoms with Crippen LogP contribution in [0, 0.1) is 20.8 Å². The van der Waals surface area contributed by atoms with Crippen molar-refractivity contribution in [2.24, 2.45) is 0 Å². The van der Waals surface area contributed by atoms with Crippen molar-refractivity contribution in [1.29, 1.82) is 0 Å². The molecule has 2 aromatic carbocycles. The molecule has 0 fully saturated rings. The van der Waals surface area contributed by atoms with E-state index in [1.54, 1.807) is 6.07 Å². The van der Waals surface area contributed by atoms with Crippen LogP contribution in [0.25, 0.3) is 22.2 Å². The van der Waals surface area contributed by atoms with Gasteiger partial charge in [0.1, 0.15) is 0 Å². The fourth-order valence-corrected chi connectivity index (χ4v) is 3.15. The van der Waals surface area contributed by atoms with Crippen molar-refractivity contribution < 1.29 is 9.90 Å². The zero-order chi connectivity index (χ0) is 16.7. The van der Waals surface area contributed by atoms with E-state index < -0.39 is 5.97 Å². The van der Waals surface area contributed by atoms with Crippen LogP contribution in [0.2, 0.25) is 0 Å². The van der Waals surface area contributed by atoms with E-state index in [-0.39, 0.29) is 5.56 Å². The minimum atomic E-state index is -0.944. The van der Waals surface area contributed by atoms with Crippen LogP contribution in [0.5, 0.6) is 0 Å². The van der Waals surface area contributed by atoms with Gasteiger partial charge in [0.15, 0.2) is 0 Å². The van der Waals surface area contributed by atoms with Crippen molar-refractivity contribution in [1.82, 2.24) is 4.98 Å². The number of fused-ring (bicyclic) bond motifs is 1. The molecule has 0 spiro atoms. The Labute approximate surface area is 143 Å². The minimum absolute atomic E-state index is 0.273. The Balaban J connectivity index is 2.38. The molecule has 1 heterocycles. The van der Waals surface area contributed by atoms with Gasteiger partial charge in [-0.25, -0.2) is 9.78 Å². The number of benzene rings is 2. The molecule has 0 saturated heterocycles. The predicted octanol–water partition coefficient (Wildman–Crippen LogP) is 5.29. The summed E-state index contributed by atoms with van der Waals surface area (Å²) in [5.41, 5.74) is 5.83. The fourth-order valence-electron chi connectivity index (χ4n) is 2.63. The summed E-state index contributed by atoms with van der Waals surface area (Å²) >= 11 is 3.50. The first-order chi connectivity index (χ1) is 10.9. The average molecular weight is 370 g/mol. The molecule has 3 aromatic rings. The van der Waals surface area contributed by atoms with Crippen molar-refractivity contribution in [3.8, 4) is 11.3 Å². The summed E-state index contributed by atoms with van der Waals surface area (Å²) < 4.78 is 0.898. The van der Waals surface area contributed by atoms with Gasteiger partial charge in [0.25, 0.3) is 0 Å². The van der Waals surface area contributed by atoms with E-state index in [1.165, 1.54) is 0 Å². The lowest BCUT2D eigenvalue weighted by Gasteiger charge is -2.12. The van der Waals surface area contributed by atoms with E-state index in [2.05, 4.69) is 15.9 Å². The van der Waals surface area contributed by atoms with E-state index in [0.29, 0.717) is 11.1 Å². The highest BCUT2D eigenvalue weighted by atomic mass is 79.9. The maximum absolute atomic E-state index is 11.7. The highest BCUT2D eigenvalue weighted by Crippen LogP contribution is 2.32. The van der Waals surface area contributed by atoms with E-state index >= 15 is 0 Å². The van der Waals surface area contributed by atoms with Crippen molar-refractivity contribution in [2.45, 2.75) is 20.8 Å². The van der Waals surface area contributed by atoms with E-state index in [4.69, 9.17) is 4.98 Å². The second-order valence-corrected chi connectivity index (χ2v) is 6.59. The predicted molar refractivity (Wildman–Crippen MR) is 96.0 cm³/mol. The van der Waals surface area contributed by atoms with Gasteiger partial charge in [-0.15, -0.1) is 0 Å². The molecule has 0 bridgehead atoms. The number of carboxylic acid groups (broad SMARTS) is 1. The lowest BCUT2D eigenvalue weighted by Crippen LogP contribution is -2.02. The number of rotatable bonds is 2. The van der Waals surface area contributed by atoms with Gasteiger partial charge < -0.3 is 5.11 Å². The lowest BCUT2D eigenvalue weighted by atomic mass is 9.99. The van der Waals surface area contributed by atoms with E-state index in [0.717, 1.165) is 32.2 Å². The smallest absolute Gasteiger partial charge is 0.336 e. The first-order valence-corrected chi connectivity index (χ1v) is 8.08. The Bertz CT molecular complexity index is 930. The van der Waals surface area contributed by atoms with Gasteiger partial charge in [0.05, 0.1) is 16.8 Å². The van der Waals surface area contributed by atoms with Crippen molar-refractivity contribution in [3.63, 3.8) is 0 Å². The normalized spacial score (nSPS) is 11.0. The Kier molecular flexibility index (Phi) is 3.94. The number of aromatic carboxylic acids is 1. The van der Waals surface area contributed by atoms with Gasteiger partial charge >= 0.3 is 5.97 Å². The fraction of sp³-hybridized carbons (Fsp3) is 0.158. The molecule has 0 aliphatic carbocycles. The van der Waals surface area contributed by atoms with Crippen LogP contribution >= 0.6 is 15.9 Å². The quantitative estimate of drug-likeness (QED) is 0.667. The topological polar surface area (TPSA) is 50.2 Å². The molecule has 4 heteroatoms. The average Bonchev–Trinajstić information content (AvgIpc) is 2.52. The largest absolute Gasteiger partial charge is 0.478 e. The van der Waals surface area contributed by atoms with Gasteiger partial charge in [-0.2, -0.15) is 0 Å². The Hall–Kier alpha value is -2.20. The Morgan fingerprint density at radius 2 is 1.70 bits per heavy atom. The first kappa shape index (κ1) is 15.7. The van der Waals surface area contributed by atoms with Crippen LogP contribution in [0.15, 0.2) is 40.9 Å². The van der Waals surface area contributed by atoms with Crippen molar-refractivity contribution in [3.05, 3.63) is 63.1 Å². The van der Waals surface area contributed by atoms with Crippen LogP contribution in [0.4, 0.5) is 0 Å². The summed E-state index contributed by atoms with van der Waals surface area (Å²) in [6, 6.07) is 11.4. The highest BCUT2D eigenvalue weighted by molar-refractivity contribution is 9.10. The summed E-state index contributed by atoms with van der Waals surface area (Å²) in [6.07, 6.45) is 0. The standard InChI is InChI=1S/C19H16BrNO2/c1-10-4-6-13(7-5-10)17-9-15(19(22)23)14-8-16(20)11(2)12(3)18(14)21-17/h4-9H,1-3H3,(H,22,23). The molecule has 0 aliphatic rings. The molecule has 116 valence electrons. The second-order valence-electron chi connectivity index (χ2n) is 5.73. The summed E-state index contributed by atoms with van der Waals surface area (Å²) in [6.45, 7) is 5.99. The molecule has 0 aliphatic heterocycles. The van der Waals surface area contributed by atoms with Gasteiger partial charge in [0.2, 0.25) is 0 Å². The molecule has 0 atom stereocenters. The van der Waals surface area contributed by atoms with E-state index in [1.807, 2.05) is 51.1 Å². The first-order valence-electron chi connectivity index (χ1n) is 7.29. The number of hydrogen-bond donors (Lipinski definition) is 1.